The van der Waals surface area contributed by atoms with E-state index in [0.29, 0.717) is 117 Å². The molecule has 26 heteroatoms. The maximum Gasteiger partial charge on any atom is 0.231 e. The van der Waals surface area contributed by atoms with Crippen LogP contribution in [0.1, 0.15) is 85.9 Å². The van der Waals surface area contributed by atoms with E-state index in [4.69, 9.17) is 64.6 Å². The third-order valence-electron chi connectivity index (χ3n) is 17.1. The number of hydrogen-bond acceptors (Lipinski definition) is 24. The largest absolute Gasteiger partial charge is 0.488 e. The number of aromatic nitrogens is 7. The van der Waals surface area contributed by atoms with E-state index in [2.05, 4.69) is 85.7 Å². The third-order valence-corrected chi connectivity index (χ3v) is 17.7. The molecule has 0 fully saturated rings. The fourth-order valence-electron chi connectivity index (χ4n) is 11.0. The number of rotatable bonds is 25. The standard InChI is InChI=1S/C21H19N3O.C19H17N3O2.C18H17ClN2O2.C18H16N4O2.C17H16ClN3O2/c1-15(2)10-12-25-20-13-18(8-7-17(20)14-22)24-21-19-6-4-3-5-16(19)9-11-23-21;1-13(2)6-9-24-18-11-15(4-3-14(18)12-20)22-19-16-7-10-23-17(16)5-8-21-19;1-12(2)6-9-23-17-11-13(3-4-15(17)19)21-18-14-7-10-22-16(14)5-8-20-18;1-12(2)5-7-23-16-9-14(4-3-13(16)10-19)22-17-15-6-8-24-18(15)21-11-20-17;1-11(2)5-7-22-15-9-12(3-4-14(15)18)21-16-13-6-8-23-17(13)20-10-19-16/h3-11,13H,12H2,1-2H3,(H,23,24);3-8,10-11H,9H2,1-2H3,(H,21,22);3-8,10-11H,9H2,1-2H3,(H,20,21);3-6,8-9,11H,7H2,1-2H3,(H,20,21,22);3-6,8-10H,7H2,1-2H3,(H,19,20,21). The molecule has 0 radical (unpaired) electrons. The topological polar surface area (TPSA) is 320 Å². The Labute approximate surface area is 698 Å². The van der Waals surface area contributed by atoms with Crippen molar-refractivity contribution >= 4 is 136 Å². The van der Waals surface area contributed by atoms with Gasteiger partial charge < -0.3 is 67.9 Å². The maximum absolute atomic E-state index is 9.27. The van der Waals surface area contributed by atoms with Crippen LogP contribution >= 0.6 is 23.2 Å². The Bertz CT molecular complexity index is 6000. The minimum absolute atomic E-state index is 0.417. The molecule has 119 heavy (non-hydrogen) atoms. The Balaban J connectivity index is 0.000000146. The summed E-state index contributed by atoms with van der Waals surface area (Å²) >= 11 is 12.4. The first kappa shape index (κ1) is 85.0. The third kappa shape index (κ3) is 24.6. The molecule has 0 aliphatic carbocycles. The molecule has 9 aromatic heterocycles. The molecule has 5 N–H and O–H groups in total. The number of allylic oxidation sites excluding steroid dienone is 5. The number of ether oxygens (including phenoxy) is 5. The molecule has 0 aliphatic heterocycles. The van der Waals surface area contributed by atoms with E-state index in [1.54, 1.807) is 98.2 Å². The van der Waals surface area contributed by atoms with Crippen molar-refractivity contribution in [1.29, 1.82) is 15.8 Å². The van der Waals surface area contributed by atoms with E-state index in [0.717, 1.165) is 89.1 Å². The van der Waals surface area contributed by atoms with Gasteiger partial charge in [-0.2, -0.15) is 15.8 Å². The molecule has 0 saturated carbocycles. The second kappa shape index (κ2) is 42.5. The lowest BCUT2D eigenvalue weighted by molar-refractivity contribution is 0.361. The molecule has 0 bridgehead atoms. The summed E-state index contributed by atoms with van der Waals surface area (Å²) in [4.78, 5) is 29.7. The lowest BCUT2D eigenvalue weighted by Crippen LogP contribution is -1.99. The number of pyridine rings is 3. The molecular weight excluding hydrogens is 1540 g/mol. The van der Waals surface area contributed by atoms with E-state index < -0.39 is 0 Å². The van der Waals surface area contributed by atoms with Crippen molar-refractivity contribution in [3.63, 3.8) is 0 Å². The summed E-state index contributed by atoms with van der Waals surface area (Å²) < 4.78 is 49.9. The highest BCUT2D eigenvalue weighted by atomic mass is 35.5. The number of hydrogen-bond donors (Lipinski definition) is 5. The zero-order valence-electron chi connectivity index (χ0n) is 67.0. The van der Waals surface area contributed by atoms with Crippen LogP contribution in [0.15, 0.2) is 290 Å². The lowest BCUT2D eigenvalue weighted by Gasteiger charge is -2.11. The normalized spacial score (nSPS) is 10.3. The van der Waals surface area contributed by atoms with Crippen molar-refractivity contribution in [3.8, 4) is 47.0 Å². The fourth-order valence-corrected chi connectivity index (χ4v) is 11.3. The molecule has 600 valence electrons. The van der Waals surface area contributed by atoms with Crippen molar-refractivity contribution in [1.82, 2.24) is 34.9 Å². The summed E-state index contributed by atoms with van der Waals surface area (Å²) in [7, 11) is 0. The van der Waals surface area contributed by atoms with E-state index in [-0.39, 0.29) is 0 Å². The number of nitriles is 3. The van der Waals surface area contributed by atoms with Crippen LogP contribution in [0, 0.1) is 34.0 Å². The molecule has 0 unspecified atom stereocenters. The average molecular weight is 1630 g/mol. The predicted octanol–water partition coefficient (Wildman–Crippen LogP) is 24.7. The van der Waals surface area contributed by atoms with Gasteiger partial charge in [0.15, 0.2) is 0 Å². The maximum atomic E-state index is 9.27. The molecule has 0 spiro atoms. The second-order valence-electron chi connectivity index (χ2n) is 27.4. The Morgan fingerprint density at radius 2 is 0.630 bits per heavy atom. The molecule has 9 heterocycles. The lowest BCUT2D eigenvalue weighted by atomic mass is 10.1. The summed E-state index contributed by atoms with van der Waals surface area (Å²) in [6, 6.07) is 54.7. The van der Waals surface area contributed by atoms with Crippen LogP contribution in [0.4, 0.5) is 57.5 Å². The van der Waals surface area contributed by atoms with Crippen molar-refractivity contribution in [2.75, 3.05) is 59.6 Å². The highest BCUT2D eigenvalue weighted by Crippen LogP contribution is 2.36. The van der Waals surface area contributed by atoms with E-state index >= 15 is 0 Å². The van der Waals surface area contributed by atoms with Crippen molar-refractivity contribution in [2.24, 2.45) is 0 Å². The first-order chi connectivity index (χ1) is 57.8. The highest BCUT2D eigenvalue weighted by Gasteiger charge is 2.16. The summed E-state index contributed by atoms with van der Waals surface area (Å²) in [6.07, 6.45) is 24.4. The summed E-state index contributed by atoms with van der Waals surface area (Å²) in [6.45, 7) is 22.4. The molecule has 0 saturated heterocycles. The molecule has 0 aliphatic rings. The van der Waals surface area contributed by atoms with E-state index in [1.807, 2.05) is 197 Å². The Morgan fingerprint density at radius 3 is 0.992 bits per heavy atom. The molecular formula is C93H85Cl2N15O9. The molecule has 0 amide bonds. The van der Waals surface area contributed by atoms with Crippen LogP contribution in [0.5, 0.6) is 28.7 Å². The number of nitrogens with zero attached hydrogens (tertiary/aromatic N) is 10. The zero-order valence-corrected chi connectivity index (χ0v) is 68.5. The number of halogens is 2. The van der Waals surface area contributed by atoms with Gasteiger partial charge in [-0.25, -0.2) is 34.9 Å². The molecule has 15 aromatic rings. The SMILES string of the molecule is CC(C)=CCOc1cc(Nc2nccc3ccccc23)ccc1C#N.CC(C)=CCOc1cc(Nc2nccc3occc23)ccc1C#N.CC(C)=CCOc1cc(Nc2nccc3occc23)ccc1Cl.CC(C)=CCOc1cc(Nc2ncnc3occc23)ccc1C#N.CC(C)=CCOc1cc(Nc2ncnc3occc23)ccc1Cl. The van der Waals surface area contributed by atoms with Crippen LogP contribution in [0.3, 0.4) is 0 Å². The molecule has 24 nitrogen and oxygen atoms in total. The van der Waals surface area contributed by atoms with Gasteiger partial charge in [-0.05, 0) is 208 Å². The predicted molar refractivity (Wildman–Crippen MR) is 471 cm³/mol. The quantitative estimate of drug-likeness (QED) is 0.0332. The van der Waals surface area contributed by atoms with Crippen LogP contribution < -0.4 is 50.3 Å². The van der Waals surface area contributed by atoms with Gasteiger partial charge in [-0.1, -0.05) is 75.3 Å². The van der Waals surface area contributed by atoms with Crippen molar-refractivity contribution in [2.45, 2.75) is 69.2 Å². The van der Waals surface area contributed by atoms with E-state index in [9.17, 15) is 15.8 Å². The minimum Gasteiger partial charge on any atom is -0.488 e. The fraction of sp³-hybridized carbons (Fsp3) is 0.161. The van der Waals surface area contributed by atoms with Crippen LogP contribution in [0.2, 0.25) is 10.0 Å². The van der Waals surface area contributed by atoms with Gasteiger partial charge in [0.25, 0.3) is 0 Å². The summed E-state index contributed by atoms with van der Waals surface area (Å²) in [5, 5.41) is 50.7. The monoisotopic (exact) mass is 1630 g/mol. The van der Waals surface area contributed by atoms with Crippen LogP contribution in [0.25, 0.3) is 54.9 Å². The van der Waals surface area contributed by atoms with Gasteiger partial charge in [0.1, 0.15) is 133 Å². The Hall–Kier alpha value is -14.9. The van der Waals surface area contributed by atoms with Crippen molar-refractivity contribution in [3.05, 3.63) is 299 Å². The van der Waals surface area contributed by atoms with E-state index in [1.165, 1.54) is 34.9 Å². The van der Waals surface area contributed by atoms with Gasteiger partial charge in [-0.15, -0.1) is 0 Å². The van der Waals surface area contributed by atoms with Gasteiger partial charge in [0.05, 0.1) is 73.3 Å². The van der Waals surface area contributed by atoms with Crippen LogP contribution in [-0.4, -0.2) is 67.9 Å². The first-order valence-corrected chi connectivity index (χ1v) is 38.3. The minimum atomic E-state index is 0.417. The second-order valence-corrected chi connectivity index (χ2v) is 28.2. The molecule has 6 aromatic carbocycles. The highest BCUT2D eigenvalue weighted by molar-refractivity contribution is 6.32. The van der Waals surface area contributed by atoms with Crippen LogP contribution in [-0.2, 0) is 0 Å². The smallest absolute Gasteiger partial charge is 0.231 e. The Kier molecular flexibility index (Phi) is 30.3. The number of furan rings is 4. The number of anilines is 10. The number of benzene rings is 6. The van der Waals surface area contributed by atoms with Gasteiger partial charge in [-0.3, -0.25) is 0 Å². The van der Waals surface area contributed by atoms with Crippen molar-refractivity contribution < 1.29 is 41.4 Å². The summed E-state index contributed by atoms with van der Waals surface area (Å²) in [5.41, 5.74) is 14.1. The average Bonchev–Trinajstić information content (AvgIpc) is 1.50. The van der Waals surface area contributed by atoms with Gasteiger partial charge in [0, 0.05) is 82.7 Å². The first-order valence-electron chi connectivity index (χ1n) is 37.5. The number of nitrogens with one attached hydrogen (secondary N) is 5. The Morgan fingerprint density at radius 1 is 0.328 bits per heavy atom. The molecule has 0 atom stereocenters. The van der Waals surface area contributed by atoms with Gasteiger partial charge in [0.2, 0.25) is 11.4 Å². The summed E-state index contributed by atoms with van der Waals surface area (Å²) in [5.74, 6) is 6.38. The zero-order chi connectivity index (χ0) is 84.0. The number of fused-ring (bicyclic) bond motifs is 5. The molecule has 15 rings (SSSR count). The van der Waals surface area contributed by atoms with Gasteiger partial charge >= 0.3 is 0 Å².